The van der Waals surface area contributed by atoms with Crippen LogP contribution in [-0.2, 0) is 4.74 Å². The Balaban J connectivity index is 3.30. The lowest BCUT2D eigenvalue weighted by Crippen LogP contribution is -2.07. The molecular weight excluding hydrogens is 284 g/mol. The molecule has 0 unspecified atom stereocenters. The van der Waals surface area contributed by atoms with E-state index in [2.05, 4.69) is 19.7 Å². The third kappa shape index (κ3) is 4.70. The summed E-state index contributed by atoms with van der Waals surface area (Å²) in [5, 5.41) is 0. The summed E-state index contributed by atoms with van der Waals surface area (Å²) in [4.78, 5) is 11.8. The van der Waals surface area contributed by atoms with Crippen LogP contribution in [-0.4, -0.2) is 32.9 Å². The highest BCUT2D eigenvalue weighted by Crippen LogP contribution is 2.39. The van der Waals surface area contributed by atoms with Gasteiger partial charge in [0, 0.05) is 0 Å². The molecule has 0 amide bonds. The molecule has 0 N–H and O–H groups in total. The Bertz CT molecular complexity index is 515. The minimum Gasteiger partial charge on any atom is -0.485 e. The fourth-order valence-corrected chi connectivity index (χ4v) is 1.61. The maximum absolute atomic E-state index is 11.8. The topological polar surface area (TPSA) is 54.0 Å². The van der Waals surface area contributed by atoms with E-state index < -0.39 is 5.97 Å². The number of carbonyl (C=O) groups excluding carboxylic acids is 1. The molecule has 0 saturated heterocycles. The van der Waals surface area contributed by atoms with E-state index in [1.807, 2.05) is 0 Å². The van der Waals surface area contributed by atoms with Crippen LogP contribution in [0.4, 0.5) is 0 Å². The smallest absolute Gasteiger partial charge is 0.338 e. The van der Waals surface area contributed by atoms with Crippen molar-refractivity contribution in [2.24, 2.45) is 0 Å². The van der Waals surface area contributed by atoms with Crippen LogP contribution in [0.3, 0.4) is 0 Å². The zero-order valence-corrected chi connectivity index (χ0v) is 12.7. The Morgan fingerprint density at radius 2 is 1.41 bits per heavy atom. The lowest BCUT2D eigenvalue weighted by molar-refractivity contribution is 0.0599. The van der Waals surface area contributed by atoms with Gasteiger partial charge >= 0.3 is 5.97 Å². The molecule has 5 heteroatoms. The molecule has 0 aromatic heterocycles. The van der Waals surface area contributed by atoms with E-state index in [0.717, 1.165) is 0 Å². The van der Waals surface area contributed by atoms with Crippen LogP contribution in [0.2, 0.25) is 0 Å². The van der Waals surface area contributed by atoms with Crippen molar-refractivity contribution in [2.75, 3.05) is 26.9 Å². The summed E-state index contributed by atoms with van der Waals surface area (Å²) in [5.41, 5.74) is 0.298. The van der Waals surface area contributed by atoms with Crippen molar-refractivity contribution in [3.8, 4) is 17.2 Å². The van der Waals surface area contributed by atoms with Crippen LogP contribution >= 0.6 is 0 Å². The summed E-state index contributed by atoms with van der Waals surface area (Å²) < 4.78 is 21.4. The second kappa shape index (κ2) is 9.28. The molecule has 22 heavy (non-hydrogen) atoms. The number of methoxy groups -OCH3 is 1. The van der Waals surface area contributed by atoms with E-state index in [1.54, 1.807) is 18.2 Å². The van der Waals surface area contributed by atoms with Gasteiger partial charge in [0.25, 0.3) is 0 Å². The standard InChI is InChI=1S/C17H20O5/c1-5-8-20-14-11-13(17(18)19-4)12-15(21-9-6-2)16(14)22-10-7-3/h5-7,11-12H,1-3,8-10H2,4H3. The van der Waals surface area contributed by atoms with Gasteiger partial charge < -0.3 is 18.9 Å². The summed E-state index contributed by atoms with van der Waals surface area (Å²) >= 11 is 0. The third-order valence-corrected chi connectivity index (χ3v) is 2.50. The molecule has 0 spiro atoms. The Hall–Kier alpha value is -2.69. The maximum Gasteiger partial charge on any atom is 0.338 e. The number of carbonyl (C=O) groups is 1. The van der Waals surface area contributed by atoms with E-state index in [-0.39, 0.29) is 19.8 Å². The quantitative estimate of drug-likeness (QED) is 0.491. The summed E-state index contributed by atoms with van der Waals surface area (Å²) in [6.45, 7) is 11.6. The predicted molar refractivity (Wildman–Crippen MR) is 84.9 cm³/mol. The zero-order valence-electron chi connectivity index (χ0n) is 12.7. The number of hydrogen-bond donors (Lipinski definition) is 0. The average Bonchev–Trinajstić information content (AvgIpc) is 2.55. The first kappa shape index (κ1) is 17.4. The monoisotopic (exact) mass is 304 g/mol. The first-order chi connectivity index (χ1) is 10.7. The fourth-order valence-electron chi connectivity index (χ4n) is 1.61. The van der Waals surface area contributed by atoms with Gasteiger partial charge in [0.15, 0.2) is 11.5 Å². The third-order valence-electron chi connectivity index (χ3n) is 2.50. The molecule has 5 nitrogen and oxygen atoms in total. The summed E-state index contributed by atoms with van der Waals surface area (Å²) in [7, 11) is 1.30. The lowest BCUT2D eigenvalue weighted by Gasteiger charge is -2.16. The molecule has 0 saturated carbocycles. The molecule has 1 aromatic rings. The van der Waals surface area contributed by atoms with Gasteiger partial charge in [-0.25, -0.2) is 4.79 Å². The van der Waals surface area contributed by atoms with Gasteiger partial charge in [0.1, 0.15) is 19.8 Å². The highest BCUT2D eigenvalue weighted by atomic mass is 16.5. The molecule has 0 heterocycles. The molecule has 0 fully saturated rings. The van der Waals surface area contributed by atoms with Crippen molar-refractivity contribution in [3.05, 3.63) is 55.7 Å². The summed E-state index contributed by atoms with van der Waals surface area (Å²) in [6, 6.07) is 3.07. The van der Waals surface area contributed by atoms with Gasteiger partial charge in [-0.1, -0.05) is 38.0 Å². The minimum atomic E-state index is -0.498. The van der Waals surface area contributed by atoms with Crippen LogP contribution in [0.15, 0.2) is 50.1 Å². The van der Waals surface area contributed by atoms with Crippen LogP contribution < -0.4 is 14.2 Å². The fraction of sp³-hybridized carbons (Fsp3) is 0.235. The van der Waals surface area contributed by atoms with E-state index in [1.165, 1.54) is 19.2 Å². The van der Waals surface area contributed by atoms with Gasteiger partial charge in [0.05, 0.1) is 12.7 Å². The van der Waals surface area contributed by atoms with Gasteiger partial charge in [-0.15, -0.1) is 0 Å². The van der Waals surface area contributed by atoms with E-state index in [4.69, 9.17) is 18.9 Å². The summed E-state index contributed by atoms with van der Waals surface area (Å²) in [6.07, 6.45) is 4.78. The SMILES string of the molecule is C=CCOc1cc(C(=O)OC)cc(OCC=C)c1OCC=C. The van der Waals surface area contributed by atoms with Crippen molar-refractivity contribution in [1.29, 1.82) is 0 Å². The normalized spacial score (nSPS) is 9.50. The second-order valence-corrected chi connectivity index (χ2v) is 4.09. The van der Waals surface area contributed by atoms with Crippen LogP contribution in [0.25, 0.3) is 0 Å². The molecule has 0 aliphatic carbocycles. The first-order valence-electron chi connectivity index (χ1n) is 6.65. The molecule has 0 atom stereocenters. The van der Waals surface area contributed by atoms with Crippen molar-refractivity contribution in [3.63, 3.8) is 0 Å². The second-order valence-electron chi connectivity index (χ2n) is 4.09. The Morgan fingerprint density at radius 1 is 0.955 bits per heavy atom. The molecule has 0 bridgehead atoms. The highest BCUT2D eigenvalue weighted by molar-refractivity contribution is 5.91. The van der Waals surface area contributed by atoms with Crippen LogP contribution in [0, 0.1) is 0 Å². The predicted octanol–water partition coefficient (Wildman–Crippen LogP) is 3.17. The van der Waals surface area contributed by atoms with Gasteiger partial charge in [-0.3, -0.25) is 0 Å². The van der Waals surface area contributed by atoms with Crippen molar-refractivity contribution in [1.82, 2.24) is 0 Å². The number of rotatable bonds is 10. The van der Waals surface area contributed by atoms with Gasteiger partial charge in [-0.05, 0) is 12.1 Å². The average molecular weight is 304 g/mol. The molecule has 0 aliphatic heterocycles. The van der Waals surface area contributed by atoms with Crippen LogP contribution in [0.1, 0.15) is 10.4 Å². The van der Waals surface area contributed by atoms with E-state index >= 15 is 0 Å². The largest absolute Gasteiger partial charge is 0.485 e. The number of benzene rings is 1. The molecule has 118 valence electrons. The van der Waals surface area contributed by atoms with Crippen LogP contribution in [0.5, 0.6) is 17.2 Å². The van der Waals surface area contributed by atoms with E-state index in [0.29, 0.717) is 22.8 Å². The van der Waals surface area contributed by atoms with Gasteiger partial charge in [0.2, 0.25) is 5.75 Å². The lowest BCUT2D eigenvalue weighted by atomic mass is 10.2. The molecule has 0 radical (unpaired) electrons. The number of esters is 1. The molecular formula is C17H20O5. The first-order valence-corrected chi connectivity index (χ1v) is 6.65. The molecule has 1 aromatic carbocycles. The Labute approximate surface area is 130 Å². The number of ether oxygens (including phenoxy) is 4. The number of hydrogen-bond acceptors (Lipinski definition) is 5. The Kier molecular flexibility index (Phi) is 7.33. The zero-order chi connectivity index (χ0) is 16.4. The highest BCUT2D eigenvalue weighted by Gasteiger charge is 2.18. The minimum absolute atomic E-state index is 0.260. The maximum atomic E-state index is 11.8. The summed E-state index contributed by atoms with van der Waals surface area (Å²) in [5.74, 6) is 0.617. The Morgan fingerprint density at radius 3 is 1.82 bits per heavy atom. The van der Waals surface area contributed by atoms with Crippen molar-refractivity contribution in [2.45, 2.75) is 0 Å². The van der Waals surface area contributed by atoms with Crippen molar-refractivity contribution < 1.29 is 23.7 Å². The molecule has 0 aliphatic rings. The molecule has 1 rings (SSSR count). The van der Waals surface area contributed by atoms with Gasteiger partial charge in [-0.2, -0.15) is 0 Å². The van der Waals surface area contributed by atoms with E-state index in [9.17, 15) is 4.79 Å². The van der Waals surface area contributed by atoms with Crippen molar-refractivity contribution >= 4 is 5.97 Å².